The minimum atomic E-state index is -0.555. The predicted octanol–water partition coefficient (Wildman–Crippen LogP) is 6.44. The zero-order valence-electron chi connectivity index (χ0n) is 25.1. The number of benzene rings is 3. The fourth-order valence-electron chi connectivity index (χ4n) is 4.82. The van der Waals surface area contributed by atoms with Gasteiger partial charge in [0, 0.05) is 11.4 Å². The third-order valence-corrected chi connectivity index (χ3v) is 7.73. The molecule has 4 amide bonds. The van der Waals surface area contributed by atoms with Crippen molar-refractivity contribution in [3.05, 3.63) is 87.3 Å². The van der Waals surface area contributed by atoms with Crippen molar-refractivity contribution in [2.45, 2.75) is 40.5 Å². The zero-order valence-corrected chi connectivity index (χ0v) is 25.9. The first-order valence-electron chi connectivity index (χ1n) is 13.8. The van der Waals surface area contributed by atoms with Crippen molar-refractivity contribution < 1.29 is 28.7 Å². The van der Waals surface area contributed by atoms with Crippen molar-refractivity contribution in [2.75, 3.05) is 30.9 Å². The maximum atomic E-state index is 13.0. The van der Waals surface area contributed by atoms with E-state index in [1.807, 2.05) is 57.2 Å². The normalized spacial score (nSPS) is 13.9. The minimum absolute atomic E-state index is 0.180. The number of carbonyl (C=O) groups excluding carboxylic acids is 4. The summed E-state index contributed by atoms with van der Waals surface area (Å²) >= 11 is 0.762. The SMILES string of the molecule is COc1cc(/C=C2\SC(=O)N(CC(=O)Nc3c(C)cc(C)cc3C)C2=O)ccc1OCC(=O)Nc1ccccc1C(C)C. The Bertz CT molecular complexity index is 1590. The predicted molar refractivity (Wildman–Crippen MR) is 170 cm³/mol. The van der Waals surface area contributed by atoms with E-state index in [0.29, 0.717) is 22.7 Å². The van der Waals surface area contributed by atoms with E-state index < -0.39 is 23.6 Å². The molecule has 0 radical (unpaired) electrons. The van der Waals surface area contributed by atoms with Crippen LogP contribution in [-0.4, -0.2) is 48.1 Å². The number of rotatable bonds is 10. The van der Waals surface area contributed by atoms with Gasteiger partial charge >= 0.3 is 0 Å². The van der Waals surface area contributed by atoms with Crippen LogP contribution >= 0.6 is 11.8 Å². The Kier molecular flexibility index (Phi) is 9.92. The van der Waals surface area contributed by atoms with Gasteiger partial charge in [0.05, 0.1) is 12.0 Å². The summed E-state index contributed by atoms with van der Waals surface area (Å²) in [4.78, 5) is 52.1. The van der Waals surface area contributed by atoms with E-state index in [9.17, 15) is 19.2 Å². The number of imide groups is 1. The first-order chi connectivity index (χ1) is 20.5. The molecular formula is C33H35N3O6S. The summed E-state index contributed by atoms with van der Waals surface area (Å²) in [7, 11) is 1.47. The van der Waals surface area contributed by atoms with E-state index in [0.717, 1.165) is 44.6 Å². The van der Waals surface area contributed by atoms with Crippen LogP contribution in [0, 0.1) is 20.8 Å². The second kappa shape index (κ2) is 13.6. The molecule has 0 saturated carbocycles. The number of hydrogen-bond acceptors (Lipinski definition) is 7. The highest BCUT2D eigenvalue weighted by Crippen LogP contribution is 2.35. The number of amides is 4. The molecule has 1 heterocycles. The summed E-state index contributed by atoms with van der Waals surface area (Å²) in [5.41, 5.74) is 5.90. The zero-order chi connectivity index (χ0) is 31.3. The number of aryl methyl sites for hydroxylation is 3. The molecule has 4 rings (SSSR count). The molecule has 1 saturated heterocycles. The lowest BCUT2D eigenvalue weighted by Gasteiger charge is -2.16. The molecule has 0 atom stereocenters. The lowest BCUT2D eigenvalue weighted by molar-refractivity contribution is -0.127. The summed E-state index contributed by atoms with van der Waals surface area (Å²) in [6.07, 6.45) is 1.55. The number of thioether (sulfide) groups is 1. The van der Waals surface area contributed by atoms with Crippen LogP contribution in [0.5, 0.6) is 11.5 Å². The molecule has 1 aliphatic heterocycles. The van der Waals surface area contributed by atoms with E-state index in [1.165, 1.54) is 7.11 Å². The standard InChI is InChI=1S/C33H35N3O6S/c1-19(2)24-9-7-8-10-25(24)34-30(38)18-42-26-12-11-23(15-27(26)41-6)16-28-32(39)36(33(40)43-28)17-29(37)35-31-21(4)13-20(3)14-22(31)5/h7-16,19H,17-18H2,1-6H3,(H,34,38)(H,35,37)/b28-16-. The molecule has 43 heavy (non-hydrogen) atoms. The number of anilines is 2. The summed E-state index contributed by atoms with van der Waals surface area (Å²) in [5.74, 6) is -0.385. The maximum Gasteiger partial charge on any atom is 0.294 e. The topological polar surface area (TPSA) is 114 Å². The van der Waals surface area contributed by atoms with Gasteiger partial charge in [-0.1, -0.05) is 55.8 Å². The average Bonchev–Trinajstić information content (AvgIpc) is 3.21. The quantitative estimate of drug-likeness (QED) is 0.257. The number of ether oxygens (including phenoxy) is 2. The Morgan fingerprint density at radius 3 is 2.30 bits per heavy atom. The maximum absolute atomic E-state index is 13.0. The number of nitrogens with zero attached hydrogens (tertiary/aromatic N) is 1. The van der Waals surface area contributed by atoms with E-state index in [1.54, 1.807) is 24.3 Å². The van der Waals surface area contributed by atoms with Crippen LogP contribution in [0.2, 0.25) is 0 Å². The number of hydrogen-bond donors (Lipinski definition) is 2. The fourth-order valence-corrected chi connectivity index (χ4v) is 5.66. The molecule has 9 nitrogen and oxygen atoms in total. The van der Waals surface area contributed by atoms with Gasteiger partial charge in [-0.05, 0) is 85.0 Å². The molecule has 0 aliphatic carbocycles. The first kappa shape index (κ1) is 31.4. The van der Waals surface area contributed by atoms with E-state index >= 15 is 0 Å². The van der Waals surface area contributed by atoms with Crippen molar-refractivity contribution in [1.29, 1.82) is 0 Å². The second-order valence-electron chi connectivity index (χ2n) is 10.6. The highest BCUT2D eigenvalue weighted by atomic mass is 32.2. The number of para-hydroxylation sites is 1. The van der Waals surface area contributed by atoms with Gasteiger partial charge in [-0.3, -0.25) is 24.1 Å². The van der Waals surface area contributed by atoms with Crippen LogP contribution < -0.4 is 20.1 Å². The highest BCUT2D eigenvalue weighted by Gasteiger charge is 2.36. The number of nitrogens with one attached hydrogen (secondary N) is 2. The molecule has 3 aromatic carbocycles. The summed E-state index contributed by atoms with van der Waals surface area (Å²) in [6, 6.07) is 16.5. The Balaban J connectivity index is 1.40. The lowest BCUT2D eigenvalue weighted by Crippen LogP contribution is -2.36. The Hall–Kier alpha value is -4.57. The largest absolute Gasteiger partial charge is 0.493 e. The number of carbonyl (C=O) groups is 4. The average molecular weight is 602 g/mol. The van der Waals surface area contributed by atoms with Crippen molar-refractivity contribution in [2.24, 2.45) is 0 Å². The molecule has 1 aliphatic rings. The van der Waals surface area contributed by atoms with Gasteiger partial charge in [0.15, 0.2) is 18.1 Å². The summed E-state index contributed by atoms with van der Waals surface area (Å²) in [5, 5.41) is 5.19. The van der Waals surface area contributed by atoms with Crippen molar-refractivity contribution in [3.8, 4) is 11.5 Å². The van der Waals surface area contributed by atoms with Crippen LogP contribution in [0.25, 0.3) is 6.08 Å². The monoisotopic (exact) mass is 601 g/mol. The van der Waals surface area contributed by atoms with Gasteiger partial charge in [0.2, 0.25) is 5.91 Å². The molecule has 224 valence electrons. The van der Waals surface area contributed by atoms with Gasteiger partial charge in [-0.25, -0.2) is 0 Å². The molecule has 0 spiro atoms. The smallest absolute Gasteiger partial charge is 0.294 e. The fraction of sp³-hybridized carbons (Fsp3) is 0.273. The van der Waals surface area contributed by atoms with Crippen LogP contribution in [0.3, 0.4) is 0 Å². The third-order valence-electron chi connectivity index (χ3n) is 6.82. The second-order valence-corrected chi connectivity index (χ2v) is 11.6. The summed E-state index contributed by atoms with van der Waals surface area (Å²) in [6.45, 7) is 9.25. The number of methoxy groups -OCH3 is 1. The van der Waals surface area contributed by atoms with Gasteiger partial charge < -0.3 is 20.1 Å². The van der Waals surface area contributed by atoms with E-state index in [-0.39, 0.29) is 23.3 Å². The van der Waals surface area contributed by atoms with Gasteiger partial charge in [0.25, 0.3) is 17.1 Å². The highest BCUT2D eigenvalue weighted by molar-refractivity contribution is 8.18. The lowest BCUT2D eigenvalue weighted by atomic mass is 10.0. The molecule has 1 fully saturated rings. The van der Waals surface area contributed by atoms with Crippen LogP contribution in [0.4, 0.5) is 16.2 Å². The molecule has 0 unspecified atom stereocenters. The van der Waals surface area contributed by atoms with Crippen LogP contribution in [0.15, 0.2) is 59.5 Å². The molecule has 0 aromatic heterocycles. The molecule has 10 heteroatoms. The van der Waals surface area contributed by atoms with E-state index in [4.69, 9.17) is 9.47 Å². The van der Waals surface area contributed by atoms with Gasteiger partial charge in [-0.2, -0.15) is 0 Å². The molecule has 3 aromatic rings. The Morgan fingerprint density at radius 2 is 1.63 bits per heavy atom. The van der Waals surface area contributed by atoms with Gasteiger partial charge in [-0.15, -0.1) is 0 Å². The molecule has 2 N–H and O–H groups in total. The van der Waals surface area contributed by atoms with E-state index in [2.05, 4.69) is 24.5 Å². The Labute approximate surface area is 255 Å². The first-order valence-corrected chi connectivity index (χ1v) is 14.6. The molecular weight excluding hydrogens is 566 g/mol. The Morgan fingerprint density at radius 1 is 0.930 bits per heavy atom. The van der Waals surface area contributed by atoms with Crippen molar-refractivity contribution >= 4 is 52.2 Å². The minimum Gasteiger partial charge on any atom is -0.493 e. The van der Waals surface area contributed by atoms with Crippen molar-refractivity contribution in [3.63, 3.8) is 0 Å². The third kappa shape index (κ3) is 7.64. The summed E-state index contributed by atoms with van der Waals surface area (Å²) < 4.78 is 11.2. The van der Waals surface area contributed by atoms with Crippen LogP contribution in [0.1, 0.15) is 47.6 Å². The molecule has 0 bridgehead atoms. The van der Waals surface area contributed by atoms with Gasteiger partial charge in [0.1, 0.15) is 6.54 Å². The van der Waals surface area contributed by atoms with Crippen molar-refractivity contribution in [1.82, 2.24) is 4.90 Å². The van der Waals surface area contributed by atoms with Crippen LogP contribution in [-0.2, 0) is 14.4 Å².